The molecule has 0 saturated heterocycles. The van der Waals surface area contributed by atoms with Gasteiger partial charge in [-0.3, -0.25) is 4.21 Å². The Morgan fingerprint density at radius 2 is 2.36 bits per heavy atom. The van der Waals surface area contributed by atoms with Gasteiger partial charge in [0.25, 0.3) is 0 Å². The Bertz CT molecular complexity index is 136. The lowest BCUT2D eigenvalue weighted by Crippen LogP contribution is -2.27. The molecule has 2 atom stereocenters. The molecule has 0 heterocycles. The molecule has 0 fully saturated rings. The summed E-state index contributed by atoms with van der Waals surface area (Å²) in [5, 5.41) is 3.24. The summed E-state index contributed by atoms with van der Waals surface area (Å²) in [4.78, 5) is 0. The average Bonchev–Trinajstić information content (AvgIpc) is 1.97. The van der Waals surface area contributed by atoms with Gasteiger partial charge in [0.05, 0.1) is 0 Å². The lowest BCUT2D eigenvalue weighted by atomic mass is 10.2. The molecular weight excluding hydrogens is 158 g/mol. The first kappa shape index (κ1) is 10.8. The Balaban J connectivity index is 3.28. The first-order valence-electron chi connectivity index (χ1n) is 3.81. The third kappa shape index (κ3) is 7.75. The van der Waals surface area contributed by atoms with Crippen molar-refractivity contribution >= 4 is 10.8 Å². The van der Waals surface area contributed by atoms with Crippen molar-refractivity contribution in [2.24, 2.45) is 0 Å². The molecule has 2 unspecified atom stereocenters. The summed E-state index contributed by atoms with van der Waals surface area (Å²) in [6.07, 6.45) is 4.54. The Morgan fingerprint density at radius 3 is 2.82 bits per heavy atom. The van der Waals surface area contributed by atoms with Gasteiger partial charge in [0.1, 0.15) is 0 Å². The van der Waals surface area contributed by atoms with Gasteiger partial charge < -0.3 is 5.32 Å². The lowest BCUT2D eigenvalue weighted by Gasteiger charge is -2.10. The van der Waals surface area contributed by atoms with Gasteiger partial charge in [-0.05, 0) is 13.3 Å². The van der Waals surface area contributed by atoms with E-state index < -0.39 is 10.8 Å². The molecule has 0 rings (SSSR count). The fraction of sp³-hybridized carbons (Fsp3) is 0.750. The summed E-state index contributed by atoms with van der Waals surface area (Å²) >= 11 is 0. The zero-order valence-corrected chi connectivity index (χ0v) is 8.12. The summed E-state index contributed by atoms with van der Waals surface area (Å²) in [5.41, 5.74) is 0. The topological polar surface area (TPSA) is 29.1 Å². The van der Waals surface area contributed by atoms with Crippen molar-refractivity contribution in [3.05, 3.63) is 12.7 Å². The van der Waals surface area contributed by atoms with E-state index in [2.05, 4.69) is 18.8 Å². The largest absolute Gasteiger partial charge is 0.311 e. The molecule has 0 radical (unpaired) electrons. The number of hydrogen-bond acceptors (Lipinski definition) is 2. The zero-order chi connectivity index (χ0) is 8.69. The molecule has 2 nitrogen and oxygen atoms in total. The maximum Gasteiger partial charge on any atom is 0.0246 e. The van der Waals surface area contributed by atoms with Crippen LogP contribution in [-0.2, 0) is 10.8 Å². The molecular formula is C8H17NOS. The van der Waals surface area contributed by atoms with Crippen LogP contribution in [0.2, 0.25) is 0 Å². The maximum absolute atomic E-state index is 10.7. The number of hydrogen-bond donors (Lipinski definition) is 1. The average molecular weight is 175 g/mol. The highest BCUT2D eigenvalue weighted by Gasteiger charge is 1.99. The number of rotatable bonds is 6. The van der Waals surface area contributed by atoms with Crippen molar-refractivity contribution in [2.45, 2.75) is 19.4 Å². The highest BCUT2D eigenvalue weighted by molar-refractivity contribution is 7.84. The summed E-state index contributed by atoms with van der Waals surface area (Å²) in [7, 11) is -0.658. The summed E-state index contributed by atoms with van der Waals surface area (Å²) in [5.74, 6) is 0.783. The van der Waals surface area contributed by atoms with E-state index in [0.717, 1.165) is 18.7 Å². The zero-order valence-electron chi connectivity index (χ0n) is 7.30. The van der Waals surface area contributed by atoms with Gasteiger partial charge in [-0.25, -0.2) is 0 Å². The van der Waals surface area contributed by atoms with E-state index in [4.69, 9.17) is 0 Å². The van der Waals surface area contributed by atoms with Gasteiger partial charge in [0.15, 0.2) is 0 Å². The third-order valence-corrected chi connectivity index (χ3v) is 2.26. The Hall–Kier alpha value is -0.150. The van der Waals surface area contributed by atoms with Crippen LogP contribution in [0, 0.1) is 0 Å². The van der Waals surface area contributed by atoms with E-state index in [1.807, 2.05) is 6.08 Å². The van der Waals surface area contributed by atoms with E-state index in [-0.39, 0.29) is 0 Å². The summed E-state index contributed by atoms with van der Waals surface area (Å²) in [6, 6.07) is 0.442. The van der Waals surface area contributed by atoms with E-state index in [1.165, 1.54) is 0 Å². The van der Waals surface area contributed by atoms with Crippen LogP contribution in [0.5, 0.6) is 0 Å². The molecule has 0 bridgehead atoms. The third-order valence-electron chi connectivity index (χ3n) is 1.45. The van der Waals surface area contributed by atoms with Gasteiger partial charge in [0.2, 0.25) is 0 Å². The van der Waals surface area contributed by atoms with Crippen LogP contribution in [0.4, 0.5) is 0 Å². The minimum atomic E-state index is -0.658. The highest BCUT2D eigenvalue weighted by Crippen LogP contribution is 1.91. The fourth-order valence-corrected chi connectivity index (χ4v) is 1.41. The summed E-state index contributed by atoms with van der Waals surface area (Å²) in [6.45, 7) is 6.53. The first-order valence-corrected chi connectivity index (χ1v) is 5.54. The van der Waals surface area contributed by atoms with Gasteiger partial charge >= 0.3 is 0 Å². The molecule has 0 aromatic carbocycles. The SMILES string of the molecule is C=CCNC(C)CCS(C)=O. The Kier molecular flexibility index (Phi) is 6.46. The van der Waals surface area contributed by atoms with Crippen LogP contribution in [0.25, 0.3) is 0 Å². The van der Waals surface area contributed by atoms with Gasteiger partial charge in [-0.15, -0.1) is 6.58 Å². The fourth-order valence-electron chi connectivity index (χ4n) is 0.729. The highest BCUT2D eigenvalue weighted by atomic mass is 32.2. The van der Waals surface area contributed by atoms with Crippen LogP contribution in [0.3, 0.4) is 0 Å². The molecule has 1 N–H and O–H groups in total. The second-order valence-electron chi connectivity index (χ2n) is 2.66. The van der Waals surface area contributed by atoms with Crippen molar-refractivity contribution in [3.63, 3.8) is 0 Å². The molecule has 0 aliphatic rings. The summed E-state index contributed by atoms with van der Waals surface area (Å²) < 4.78 is 10.7. The van der Waals surface area contributed by atoms with Crippen molar-refractivity contribution in [2.75, 3.05) is 18.6 Å². The second-order valence-corrected chi connectivity index (χ2v) is 4.22. The Morgan fingerprint density at radius 1 is 1.73 bits per heavy atom. The molecule has 0 aromatic heterocycles. The van der Waals surface area contributed by atoms with Gasteiger partial charge in [-0.1, -0.05) is 6.08 Å². The molecule has 0 spiro atoms. The molecule has 0 aliphatic heterocycles. The first-order chi connectivity index (χ1) is 5.16. The van der Waals surface area contributed by atoms with Gasteiger partial charge in [0, 0.05) is 35.4 Å². The molecule has 0 amide bonds. The molecule has 66 valence electrons. The Labute approximate surface area is 71.5 Å². The standard InChI is InChI=1S/C8H17NOS/c1-4-6-9-8(2)5-7-11(3)10/h4,8-9H,1,5-7H2,2-3H3. The minimum absolute atomic E-state index is 0.442. The van der Waals surface area contributed by atoms with E-state index in [9.17, 15) is 4.21 Å². The number of nitrogens with one attached hydrogen (secondary N) is 1. The maximum atomic E-state index is 10.7. The van der Waals surface area contributed by atoms with E-state index >= 15 is 0 Å². The quantitative estimate of drug-likeness (QED) is 0.608. The van der Waals surface area contributed by atoms with Crippen molar-refractivity contribution in [1.29, 1.82) is 0 Å². The molecule has 0 aromatic rings. The van der Waals surface area contributed by atoms with E-state index in [1.54, 1.807) is 6.26 Å². The van der Waals surface area contributed by atoms with Crippen LogP contribution < -0.4 is 5.32 Å². The van der Waals surface area contributed by atoms with E-state index in [0.29, 0.717) is 6.04 Å². The molecule has 0 saturated carbocycles. The smallest absolute Gasteiger partial charge is 0.0246 e. The van der Waals surface area contributed by atoms with Crippen LogP contribution in [-0.4, -0.2) is 28.8 Å². The van der Waals surface area contributed by atoms with Crippen LogP contribution in [0.1, 0.15) is 13.3 Å². The molecule has 11 heavy (non-hydrogen) atoms. The molecule has 0 aliphatic carbocycles. The van der Waals surface area contributed by atoms with Crippen LogP contribution in [0.15, 0.2) is 12.7 Å². The van der Waals surface area contributed by atoms with Crippen molar-refractivity contribution in [3.8, 4) is 0 Å². The molecule has 3 heteroatoms. The predicted octanol–water partition coefficient (Wildman–Crippen LogP) is 0.919. The second kappa shape index (κ2) is 6.55. The van der Waals surface area contributed by atoms with Crippen LogP contribution >= 0.6 is 0 Å². The predicted molar refractivity (Wildman–Crippen MR) is 51.2 cm³/mol. The minimum Gasteiger partial charge on any atom is -0.311 e. The monoisotopic (exact) mass is 175 g/mol. The van der Waals surface area contributed by atoms with Crippen molar-refractivity contribution in [1.82, 2.24) is 5.32 Å². The van der Waals surface area contributed by atoms with Gasteiger partial charge in [-0.2, -0.15) is 0 Å². The van der Waals surface area contributed by atoms with Crippen molar-refractivity contribution < 1.29 is 4.21 Å². The normalized spacial score (nSPS) is 15.8. The lowest BCUT2D eigenvalue weighted by molar-refractivity contribution is 0.567.